The number of hydrogen-bond donors (Lipinski definition) is 2. The summed E-state index contributed by atoms with van der Waals surface area (Å²) in [7, 11) is 0. The Balaban J connectivity index is 1.29. The number of rotatable bonds is 5. The molecule has 2 N–H and O–H groups in total. The first-order valence-corrected chi connectivity index (χ1v) is 11.0. The van der Waals surface area contributed by atoms with Gasteiger partial charge in [-0.15, -0.1) is 0 Å². The molecule has 2 aliphatic heterocycles. The number of amides is 1. The lowest BCUT2D eigenvalue weighted by molar-refractivity contribution is -0.124. The second kappa shape index (κ2) is 8.98. The van der Waals surface area contributed by atoms with E-state index in [4.69, 9.17) is 9.47 Å². The van der Waals surface area contributed by atoms with Gasteiger partial charge in [-0.25, -0.2) is 15.0 Å². The zero-order valence-corrected chi connectivity index (χ0v) is 19.2. The fraction of sp³-hybridized carbons (Fsp3) is 0.292. The van der Waals surface area contributed by atoms with Crippen LogP contribution >= 0.6 is 0 Å². The SMILES string of the molecule is CC1(C)Cc2ccc(Nc3ncnc(CC=Nc4ccc5c(c4C#N)OCCO5)n3)nc2NC1=O. The van der Waals surface area contributed by atoms with Crippen LogP contribution in [0.15, 0.2) is 35.6 Å². The van der Waals surface area contributed by atoms with Gasteiger partial charge in [-0.3, -0.25) is 9.79 Å². The monoisotopic (exact) mass is 470 g/mol. The van der Waals surface area contributed by atoms with E-state index in [2.05, 4.69) is 41.6 Å². The molecule has 176 valence electrons. The highest BCUT2D eigenvalue weighted by molar-refractivity contribution is 5.97. The minimum atomic E-state index is -0.470. The maximum Gasteiger partial charge on any atom is 0.231 e. The summed E-state index contributed by atoms with van der Waals surface area (Å²) in [6.45, 7) is 4.65. The number of carbonyl (C=O) groups excluding carboxylic acids is 1. The second-order valence-electron chi connectivity index (χ2n) is 8.68. The van der Waals surface area contributed by atoms with Crippen molar-refractivity contribution in [3.8, 4) is 17.6 Å². The maximum absolute atomic E-state index is 12.3. The molecule has 2 aliphatic rings. The lowest BCUT2D eigenvalue weighted by atomic mass is 9.82. The van der Waals surface area contributed by atoms with Gasteiger partial charge in [-0.05, 0) is 30.2 Å². The summed E-state index contributed by atoms with van der Waals surface area (Å²) in [6.07, 6.45) is 3.96. The number of nitriles is 1. The first-order chi connectivity index (χ1) is 16.9. The molecule has 0 unspecified atom stereocenters. The van der Waals surface area contributed by atoms with Crippen LogP contribution in [-0.4, -0.2) is 45.3 Å². The topological polar surface area (TPSA) is 147 Å². The van der Waals surface area contributed by atoms with Gasteiger partial charge in [0.1, 0.15) is 48.6 Å². The molecule has 0 radical (unpaired) electrons. The summed E-state index contributed by atoms with van der Waals surface area (Å²) in [4.78, 5) is 33.9. The lowest BCUT2D eigenvalue weighted by Crippen LogP contribution is -2.37. The van der Waals surface area contributed by atoms with Crippen LogP contribution in [0.3, 0.4) is 0 Å². The van der Waals surface area contributed by atoms with Crippen molar-refractivity contribution in [3.63, 3.8) is 0 Å². The largest absolute Gasteiger partial charge is 0.486 e. The van der Waals surface area contributed by atoms with Gasteiger partial charge in [0, 0.05) is 18.1 Å². The molecule has 0 spiro atoms. The van der Waals surface area contributed by atoms with Crippen LogP contribution < -0.4 is 20.1 Å². The zero-order chi connectivity index (χ0) is 24.4. The molecular weight excluding hydrogens is 448 g/mol. The van der Waals surface area contributed by atoms with E-state index in [-0.39, 0.29) is 5.91 Å². The predicted molar refractivity (Wildman–Crippen MR) is 127 cm³/mol. The lowest BCUT2D eigenvalue weighted by Gasteiger charge is -2.29. The fourth-order valence-electron chi connectivity index (χ4n) is 3.79. The van der Waals surface area contributed by atoms with Crippen LogP contribution in [0.4, 0.5) is 23.3 Å². The van der Waals surface area contributed by atoms with Crippen LogP contribution in [0.25, 0.3) is 0 Å². The summed E-state index contributed by atoms with van der Waals surface area (Å²) in [5.74, 6) is 2.73. The summed E-state index contributed by atoms with van der Waals surface area (Å²) < 4.78 is 11.1. The fourth-order valence-corrected chi connectivity index (χ4v) is 3.79. The average molecular weight is 470 g/mol. The number of fused-ring (bicyclic) bond motifs is 2. The van der Waals surface area contributed by atoms with Crippen molar-refractivity contribution in [3.05, 3.63) is 47.5 Å². The number of anilines is 3. The van der Waals surface area contributed by atoms with Crippen LogP contribution in [0, 0.1) is 16.7 Å². The quantitative estimate of drug-likeness (QED) is 0.537. The van der Waals surface area contributed by atoms with Gasteiger partial charge in [0.25, 0.3) is 0 Å². The van der Waals surface area contributed by atoms with E-state index in [0.29, 0.717) is 72.2 Å². The van der Waals surface area contributed by atoms with E-state index in [1.54, 1.807) is 18.3 Å². The molecule has 1 aromatic carbocycles. The van der Waals surface area contributed by atoms with Gasteiger partial charge < -0.3 is 20.1 Å². The number of aromatic nitrogens is 4. The van der Waals surface area contributed by atoms with E-state index >= 15 is 0 Å². The number of aliphatic imine (C=N–C) groups is 1. The number of hydrogen-bond acceptors (Lipinski definition) is 10. The molecule has 11 heteroatoms. The third kappa shape index (κ3) is 4.59. The Bertz CT molecular complexity index is 1380. The van der Waals surface area contributed by atoms with E-state index in [1.807, 2.05) is 26.0 Å². The molecule has 0 fully saturated rings. The van der Waals surface area contributed by atoms with E-state index in [0.717, 1.165) is 5.56 Å². The highest BCUT2D eigenvalue weighted by Crippen LogP contribution is 2.38. The number of nitrogens with zero attached hydrogens (tertiary/aromatic N) is 6. The van der Waals surface area contributed by atoms with Crippen molar-refractivity contribution in [2.24, 2.45) is 10.4 Å². The summed E-state index contributed by atoms with van der Waals surface area (Å²) >= 11 is 0. The maximum atomic E-state index is 12.3. The van der Waals surface area contributed by atoms with Crippen molar-refractivity contribution in [2.45, 2.75) is 26.7 Å². The normalized spacial score (nSPS) is 15.7. The minimum absolute atomic E-state index is 0.0612. The first-order valence-electron chi connectivity index (χ1n) is 11.0. The van der Waals surface area contributed by atoms with Gasteiger partial charge in [0.05, 0.1) is 5.69 Å². The van der Waals surface area contributed by atoms with E-state index < -0.39 is 5.41 Å². The molecule has 0 saturated heterocycles. The molecule has 0 bridgehead atoms. The Kier molecular flexibility index (Phi) is 5.70. The van der Waals surface area contributed by atoms with Crippen molar-refractivity contribution in [2.75, 3.05) is 23.8 Å². The highest BCUT2D eigenvalue weighted by Gasteiger charge is 2.34. The first kappa shape index (κ1) is 22.2. The molecule has 35 heavy (non-hydrogen) atoms. The number of pyridine rings is 1. The van der Waals surface area contributed by atoms with Crippen molar-refractivity contribution < 1.29 is 14.3 Å². The molecule has 1 amide bonds. The minimum Gasteiger partial charge on any atom is -0.486 e. The molecular formula is C24H22N8O3. The second-order valence-corrected chi connectivity index (χ2v) is 8.68. The molecule has 5 rings (SSSR count). The predicted octanol–water partition coefficient (Wildman–Crippen LogP) is 3.12. The standard InChI is InChI=1S/C24H22N8O3/c1-24(2)11-14-3-6-19(29-21(14)32-22(24)33)31-23-28-13-27-18(30-23)7-8-26-16-4-5-17-20(15(16)12-25)35-10-9-34-17/h3-6,8,13H,7,9-11H2,1-2H3,(H2,27,28,29,30,31,32,33). The van der Waals surface area contributed by atoms with Crippen LogP contribution in [0.2, 0.25) is 0 Å². The zero-order valence-electron chi connectivity index (χ0n) is 19.2. The Morgan fingerprint density at radius 3 is 2.91 bits per heavy atom. The molecule has 0 aliphatic carbocycles. The Morgan fingerprint density at radius 1 is 1.20 bits per heavy atom. The molecule has 2 aromatic heterocycles. The van der Waals surface area contributed by atoms with E-state index in [9.17, 15) is 10.1 Å². The third-order valence-electron chi connectivity index (χ3n) is 5.62. The van der Waals surface area contributed by atoms with Crippen molar-refractivity contribution in [1.82, 2.24) is 19.9 Å². The Labute approximate surface area is 201 Å². The molecule has 3 aromatic rings. The van der Waals surface area contributed by atoms with Gasteiger partial charge >= 0.3 is 0 Å². The van der Waals surface area contributed by atoms with Gasteiger partial charge in [-0.1, -0.05) is 19.9 Å². The Hall–Kier alpha value is -4.59. The number of nitrogens with one attached hydrogen (secondary N) is 2. The van der Waals surface area contributed by atoms with Crippen molar-refractivity contribution in [1.29, 1.82) is 5.26 Å². The van der Waals surface area contributed by atoms with Gasteiger partial charge in [-0.2, -0.15) is 10.2 Å². The van der Waals surface area contributed by atoms with Crippen LogP contribution in [-0.2, 0) is 17.6 Å². The highest BCUT2D eigenvalue weighted by atomic mass is 16.6. The Morgan fingerprint density at radius 2 is 2.06 bits per heavy atom. The number of carbonyl (C=O) groups is 1. The van der Waals surface area contributed by atoms with E-state index in [1.165, 1.54) is 6.33 Å². The molecule has 0 saturated carbocycles. The molecule has 4 heterocycles. The summed E-state index contributed by atoms with van der Waals surface area (Å²) in [5, 5.41) is 15.5. The summed E-state index contributed by atoms with van der Waals surface area (Å²) in [5.41, 5.74) is 1.31. The smallest absolute Gasteiger partial charge is 0.231 e. The average Bonchev–Trinajstić information content (AvgIpc) is 2.85. The third-order valence-corrected chi connectivity index (χ3v) is 5.62. The molecule has 11 nitrogen and oxygen atoms in total. The number of ether oxygens (including phenoxy) is 2. The van der Waals surface area contributed by atoms with Crippen LogP contribution in [0.5, 0.6) is 11.5 Å². The van der Waals surface area contributed by atoms with Crippen molar-refractivity contribution >= 4 is 35.4 Å². The summed E-state index contributed by atoms with van der Waals surface area (Å²) in [6, 6.07) is 9.34. The van der Waals surface area contributed by atoms with Gasteiger partial charge in [0.15, 0.2) is 11.5 Å². The number of benzene rings is 1. The van der Waals surface area contributed by atoms with Gasteiger partial charge in [0.2, 0.25) is 11.9 Å². The van der Waals surface area contributed by atoms with Crippen LogP contribution in [0.1, 0.15) is 30.8 Å². The molecule has 0 atom stereocenters.